The zero-order valence-corrected chi connectivity index (χ0v) is 18.5. The molecule has 32 heavy (non-hydrogen) atoms. The minimum Gasteiger partial charge on any atom is -0.494 e. The second-order valence-electron chi connectivity index (χ2n) is 8.09. The SMILES string of the molecule is CCOc1ccc(-c2cc(C(=O)NCCCN3CCC(O)CC3)c3ccncc3n2)cc1. The molecule has 3 heterocycles. The average molecular weight is 435 g/mol. The summed E-state index contributed by atoms with van der Waals surface area (Å²) in [6.07, 6.45) is 5.75. The Hall–Kier alpha value is -3.03. The van der Waals surface area contributed by atoms with Crippen LogP contribution in [0, 0.1) is 0 Å². The van der Waals surface area contributed by atoms with Crippen molar-refractivity contribution in [3.05, 3.63) is 54.4 Å². The molecule has 7 heteroatoms. The van der Waals surface area contributed by atoms with Crippen molar-refractivity contribution in [2.45, 2.75) is 32.3 Å². The number of aliphatic hydroxyl groups is 1. The zero-order chi connectivity index (χ0) is 22.3. The van der Waals surface area contributed by atoms with E-state index in [2.05, 4.69) is 15.2 Å². The van der Waals surface area contributed by atoms with Gasteiger partial charge in [-0.3, -0.25) is 9.78 Å². The van der Waals surface area contributed by atoms with Gasteiger partial charge in [0, 0.05) is 36.8 Å². The van der Waals surface area contributed by atoms with E-state index in [-0.39, 0.29) is 12.0 Å². The fourth-order valence-corrected chi connectivity index (χ4v) is 4.05. The predicted molar refractivity (Wildman–Crippen MR) is 125 cm³/mol. The first kappa shape index (κ1) is 22.2. The number of aliphatic hydroxyl groups excluding tert-OH is 1. The summed E-state index contributed by atoms with van der Waals surface area (Å²) in [6, 6.07) is 11.4. The number of carbonyl (C=O) groups excluding carboxylic acids is 1. The van der Waals surface area contributed by atoms with E-state index in [1.807, 2.05) is 43.3 Å². The molecule has 0 atom stereocenters. The number of carbonyl (C=O) groups is 1. The van der Waals surface area contributed by atoms with Gasteiger partial charge in [0.05, 0.1) is 35.7 Å². The second-order valence-corrected chi connectivity index (χ2v) is 8.09. The number of fused-ring (bicyclic) bond motifs is 1. The first-order valence-electron chi connectivity index (χ1n) is 11.3. The number of nitrogens with zero attached hydrogens (tertiary/aromatic N) is 3. The first-order chi connectivity index (χ1) is 15.6. The van der Waals surface area contributed by atoms with E-state index in [9.17, 15) is 9.90 Å². The summed E-state index contributed by atoms with van der Waals surface area (Å²) in [5, 5.41) is 13.5. The first-order valence-corrected chi connectivity index (χ1v) is 11.3. The highest BCUT2D eigenvalue weighted by atomic mass is 16.5. The smallest absolute Gasteiger partial charge is 0.252 e. The highest BCUT2D eigenvalue weighted by molar-refractivity contribution is 6.07. The Kier molecular flexibility index (Phi) is 7.29. The molecular weight excluding hydrogens is 404 g/mol. The number of pyridine rings is 2. The van der Waals surface area contributed by atoms with E-state index in [4.69, 9.17) is 9.72 Å². The van der Waals surface area contributed by atoms with Crippen molar-refractivity contribution in [1.82, 2.24) is 20.2 Å². The molecular formula is C25H30N4O3. The Balaban J connectivity index is 1.46. The van der Waals surface area contributed by atoms with Crippen LogP contribution in [0.25, 0.3) is 22.2 Å². The Morgan fingerprint density at radius 1 is 1.22 bits per heavy atom. The van der Waals surface area contributed by atoms with Gasteiger partial charge in [0.25, 0.3) is 5.91 Å². The van der Waals surface area contributed by atoms with E-state index in [1.54, 1.807) is 12.4 Å². The Morgan fingerprint density at radius 3 is 2.75 bits per heavy atom. The van der Waals surface area contributed by atoms with Crippen molar-refractivity contribution in [2.24, 2.45) is 0 Å². The maximum absolute atomic E-state index is 13.0. The molecule has 168 valence electrons. The van der Waals surface area contributed by atoms with Crippen LogP contribution in [0.5, 0.6) is 5.75 Å². The number of hydrogen-bond acceptors (Lipinski definition) is 6. The summed E-state index contributed by atoms with van der Waals surface area (Å²) in [6.45, 7) is 5.93. The standard InChI is InChI=1S/C25H30N4O3/c1-2-32-20-6-4-18(5-7-20)23-16-22(21-8-12-26-17-24(21)28-23)25(31)27-11-3-13-29-14-9-19(30)10-15-29/h4-8,12,16-17,19,30H,2-3,9-11,13-15H2,1H3,(H,27,31). The number of likely N-dealkylation sites (tertiary alicyclic amines) is 1. The van der Waals surface area contributed by atoms with Crippen LogP contribution in [0.15, 0.2) is 48.8 Å². The number of nitrogens with one attached hydrogen (secondary N) is 1. The Labute approximate surface area is 188 Å². The van der Waals surface area contributed by atoms with Crippen LogP contribution in [-0.4, -0.2) is 64.8 Å². The fourth-order valence-electron chi connectivity index (χ4n) is 4.05. The van der Waals surface area contributed by atoms with Crippen LogP contribution in [0.4, 0.5) is 0 Å². The largest absolute Gasteiger partial charge is 0.494 e. The van der Waals surface area contributed by atoms with E-state index < -0.39 is 0 Å². The normalized spacial score (nSPS) is 15.1. The van der Waals surface area contributed by atoms with Gasteiger partial charge in [0.15, 0.2) is 0 Å². The molecule has 1 amide bonds. The van der Waals surface area contributed by atoms with Crippen LogP contribution in [0.2, 0.25) is 0 Å². The number of amides is 1. The molecule has 4 rings (SSSR count). The summed E-state index contributed by atoms with van der Waals surface area (Å²) in [5.74, 6) is 0.699. The van der Waals surface area contributed by atoms with Crippen LogP contribution in [-0.2, 0) is 0 Å². The molecule has 1 aromatic carbocycles. The van der Waals surface area contributed by atoms with Gasteiger partial charge in [-0.25, -0.2) is 4.98 Å². The predicted octanol–water partition coefficient (Wildman–Crippen LogP) is 3.27. The van der Waals surface area contributed by atoms with Crippen molar-refractivity contribution >= 4 is 16.8 Å². The monoisotopic (exact) mass is 434 g/mol. The zero-order valence-electron chi connectivity index (χ0n) is 18.5. The topological polar surface area (TPSA) is 87.6 Å². The lowest BCUT2D eigenvalue weighted by molar-refractivity contribution is 0.0816. The Morgan fingerprint density at radius 2 is 2.00 bits per heavy atom. The number of benzene rings is 1. The molecule has 1 aliphatic heterocycles. The molecule has 2 aromatic heterocycles. The molecule has 2 N–H and O–H groups in total. The van der Waals surface area contributed by atoms with E-state index in [1.165, 1.54) is 0 Å². The highest BCUT2D eigenvalue weighted by Gasteiger charge is 2.17. The highest BCUT2D eigenvalue weighted by Crippen LogP contribution is 2.26. The number of hydrogen-bond donors (Lipinski definition) is 2. The molecule has 0 bridgehead atoms. The lowest BCUT2D eigenvalue weighted by Crippen LogP contribution is -2.37. The Bertz CT molecular complexity index is 1050. The van der Waals surface area contributed by atoms with Gasteiger partial charge in [0.1, 0.15) is 5.75 Å². The lowest BCUT2D eigenvalue weighted by Gasteiger charge is -2.29. The third-order valence-electron chi connectivity index (χ3n) is 5.81. The minimum atomic E-state index is -0.162. The minimum absolute atomic E-state index is 0.107. The fraction of sp³-hybridized carbons (Fsp3) is 0.400. The van der Waals surface area contributed by atoms with E-state index in [0.717, 1.165) is 61.3 Å². The molecule has 0 unspecified atom stereocenters. The van der Waals surface area contributed by atoms with Crippen LogP contribution in [0.1, 0.15) is 36.5 Å². The summed E-state index contributed by atoms with van der Waals surface area (Å²) in [5.41, 5.74) is 2.93. The summed E-state index contributed by atoms with van der Waals surface area (Å²) < 4.78 is 5.52. The molecule has 0 spiro atoms. The number of ether oxygens (including phenoxy) is 1. The number of piperidine rings is 1. The summed E-state index contributed by atoms with van der Waals surface area (Å²) in [4.78, 5) is 24.3. The molecule has 1 aliphatic rings. The molecule has 1 fully saturated rings. The van der Waals surface area contributed by atoms with Gasteiger partial charge in [-0.2, -0.15) is 0 Å². The van der Waals surface area contributed by atoms with E-state index >= 15 is 0 Å². The summed E-state index contributed by atoms with van der Waals surface area (Å²) in [7, 11) is 0. The molecule has 3 aromatic rings. The van der Waals surface area contributed by atoms with Crippen molar-refractivity contribution in [1.29, 1.82) is 0 Å². The van der Waals surface area contributed by atoms with Crippen molar-refractivity contribution < 1.29 is 14.6 Å². The van der Waals surface area contributed by atoms with Crippen LogP contribution in [0.3, 0.4) is 0 Å². The number of rotatable bonds is 8. The third-order valence-corrected chi connectivity index (χ3v) is 5.81. The molecule has 1 saturated heterocycles. The van der Waals surface area contributed by atoms with Crippen LogP contribution >= 0.6 is 0 Å². The van der Waals surface area contributed by atoms with Crippen molar-refractivity contribution in [3.8, 4) is 17.0 Å². The summed E-state index contributed by atoms with van der Waals surface area (Å²) >= 11 is 0. The van der Waals surface area contributed by atoms with Gasteiger partial charge in [0.2, 0.25) is 0 Å². The van der Waals surface area contributed by atoms with Gasteiger partial charge < -0.3 is 20.1 Å². The van der Waals surface area contributed by atoms with Crippen molar-refractivity contribution in [3.63, 3.8) is 0 Å². The van der Waals surface area contributed by atoms with Gasteiger partial charge in [-0.1, -0.05) is 0 Å². The maximum Gasteiger partial charge on any atom is 0.252 e. The second kappa shape index (κ2) is 10.5. The quantitative estimate of drug-likeness (QED) is 0.529. The van der Waals surface area contributed by atoms with E-state index in [0.29, 0.717) is 24.2 Å². The van der Waals surface area contributed by atoms with Gasteiger partial charge in [-0.05, 0) is 69.1 Å². The lowest BCUT2D eigenvalue weighted by atomic mass is 10.0. The van der Waals surface area contributed by atoms with Gasteiger partial charge >= 0.3 is 0 Å². The third kappa shape index (κ3) is 5.41. The molecule has 0 saturated carbocycles. The van der Waals surface area contributed by atoms with Crippen LogP contribution < -0.4 is 10.1 Å². The maximum atomic E-state index is 13.0. The molecule has 0 aliphatic carbocycles. The molecule has 0 radical (unpaired) electrons. The number of aromatic nitrogens is 2. The van der Waals surface area contributed by atoms with Gasteiger partial charge in [-0.15, -0.1) is 0 Å². The molecule has 7 nitrogen and oxygen atoms in total. The average Bonchev–Trinajstić information content (AvgIpc) is 2.83. The van der Waals surface area contributed by atoms with Crippen molar-refractivity contribution in [2.75, 3.05) is 32.8 Å².